The Morgan fingerprint density at radius 1 is 1.40 bits per heavy atom. The lowest BCUT2D eigenvalue weighted by molar-refractivity contribution is -0.126. The van der Waals surface area contributed by atoms with Gasteiger partial charge in [-0.3, -0.25) is 9.59 Å². The normalized spacial score (nSPS) is 30.9. The number of likely N-dealkylation sites (N-methyl/N-ethyl adjacent to an activating group) is 1. The number of rotatable bonds is 6. The smallest absolute Gasteiger partial charge is 0.281 e. The Kier molecular flexibility index (Phi) is 5.28. The maximum Gasteiger partial charge on any atom is 0.281 e. The van der Waals surface area contributed by atoms with Gasteiger partial charge in [-0.2, -0.15) is 0 Å². The molecule has 2 unspecified atom stereocenters. The van der Waals surface area contributed by atoms with Crippen molar-refractivity contribution in [1.29, 1.82) is 0 Å². The van der Waals surface area contributed by atoms with Crippen molar-refractivity contribution in [2.24, 2.45) is 11.3 Å². The molecule has 2 bridgehead atoms. The molecular weight excluding hydrogens is 371 g/mol. The number of carbonyl (C=O) groups is 2. The van der Waals surface area contributed by atoms with E-state index in [9.17, 15) is 9.59 Å². The van der Waals surface area contributed by atoms with Gasteiger partial charge in [-0.25, -0.2) is 0 Å². The molecule has 2 rings (SSSR count). The molecule has 114 valence electrons. The van der Waals surface area contributed by atoms with Gasteiger partial charge in [0.2, 0.25) is 5.91 Å². The zero-order valence-electron chi connectivity index (χ0n) is 12.1. The van der Waals surface area contributed by atoms with Crippen LogP contribution in [0.3, 0.4) is 0 Å². The lowest BCUT2D eigenvalue weighted by Crippen LogP contribution is -2.51. The molecule has 2 amide bonds. The first-order valence-electron chi connectivity index (χ1n) is 7.25. The zero-order chi connectivity index (χ0) is 14.8. The van der Waals surface area contributed by atoms with Crippen LogP contribution < -0.4 is 10.6 Å². The minimum atomic E-state index is -0.626. The summed E-state index contributed by atoms with van der Waals surface area (Å²) in [6.07, 6.45) is 6.08. The Bertz CT molecular complexity index is 381. The van der Waals surface area contributed by atoms with Crippen molar-refractivity contribution < 1.29 is 14.3 Å². The van der Waals surface area contributed by atoms with E-state index in [4.69, 9.17) is 4.74 Å². The van der Waals surface area contributed by atoms with Crippen LogP contribution >= 0.6 is 22.6 Å². The molecule has 2 aliphatic rings. The fourth-order valence-corrected chi connectivity index (χ4v) is 3.93. The molecule has 0 aromatic heterocycles. The Hall–Kier alpha value is -0.370. The molecule has 2 atom stereocenters. The number of halogens is 1. The SMILES string of the molecule is CNC(=O)C(NC(=O)I)C(C)OCC12CCC(CC1)C2. The molecule has 5 nitrogen and oxygen atoms in total. The van der Waals surface area contributed by atoms with Crippen molar-refractivity contribution in [3.05, 3.63) is 0 Å². The minimum absolute atomic E-state index is 0.212. The molecule has 0 aliphatic heterocycles. The number of hydrogen-bond donors (Lipinski definition) is 2. The Morgan fingerprint density at radius 3 is 2.50 bits per heavy atom. The summed E-state index contributed by atoms with van der Waals surface area (Å²) in [7, 11) is 1.57. The molecule has 2 aliphatic carbocycles. The maximum atomic E-state index is 11.8. The monoisotopic (exact) mass is 394 g/mol. The first-order chi connectivity index (χ1) is 9.46. The van der Waals surface area contributed by atoms with Gasteiger partial charge >= 0.3 is 0 Å². The van der Waals surface area contributed by atoms with Gasteiger partial charge in [-0.05, 0) is 50.4 Å². The number of nitrogens with one attached hydrogen (secondary N) is 2. The molecular formula is C14H23IN2O3. The third-order valence-corrected chi connectivity index (χ3v) is 5.12. The fourth-order valence-electron chi connectivity index (χ4n) is 3.59. The summed E-state index contributed by atoms with van der Waals surface area (Å²) < 4.78 is 5.71. The van der Waals surface area contributed by atoms with Gasteiger partial charge in [0, 0.05) is 29.6 Å². The fraction of sp³-hybridized carbons (Fsp3) is 0.857. The van der Waals surface area contributed by atoms with Crippen molar-refractivity contribution in [3.8, 4) is 0 Å². The van der Waals surface area contributed by atoms with Crippen molar-refractivity contribution >= 4 is 32.4 Å². The zero-order valence-corrected chi connectivity index (χ0v) is 14.2. The molecule has 6 heteroatoms. The van der Waals surface area contributed by atoms with Gasteiger partial charge < -0.3 is 15.4 Å². The van der Waals surface area contributed by atoms with Gasteiger partial charge in [-0.1, -0.05) is 0 Å². The van der Waals surface area contributed by atoms with Crippen LogP contribution in [-0.2, 0) is 9.53 Å². The molecule has 0 spiro atoms. The second-order valence-electron chi connectivity index (χ2n) is 6.17. The second kappa shape index (κ2) is 6.60. The summed E-state index contributed by atoms with van der Waals surface area (Å²) in [4.78, 5) is 23.0. The van der Waals surface area contributed by atoms with E-state index in [0.717, 1.165) is 5.92 Å². The van der Waals surface area contributed by atoms with E-state index in [1.807, 2.05) is 6.92 Å². The van der Waals surface area contributed by atoms with Crippen molar-refractivity contribution in [3.63, 3.8) is 0 Å². The van der Waals surface area contributed by atoms with Crippen LogP contribution in [-0.4, -0.2) is 35.6 Å². The first-order valence-corrected chi connectivity index (χ1v) is 8.33. The molecule has 2 N–H and O–H groups in total. The van der Waals surface area contributed by atoms with Crippen molar-refractivity contribution in [2.75, 3.05) is 13.7 Å². The van der Waals surface area contributed by atoms with Gasteiger partial charge in [0.1, 0.15) is 6.04 Å². The maximum absolute atomic E-state index is 11.8. The number of hydrogen-bond acceptors (Lipinski definition) is 3. The number of ether oxygens (including phenoxy) is 1. The van der Waals surface area contributed by atoms with E-state index in [-0.39, 0.29) is 15.9 Å². The highest BCUT2D eigenvalue weighted by Crippen LogP contribution is 2.54. The van der Waals surface area contributed by atoms with Gasteiger partial charge in [0.15, 0.2) is 0 Å². The molecule has 0 heterocycles. The summed E-state index contributed by atoms with van der Waals surface area (Å²) in [5.41, 5.74) is 0.334. The van der Waals surface area contributed by atoms with E-state index in [1.54, 1.807) is 29.6 Å². The average Bonchev–Trinajstić information content (AvgIpc) is 3.02. The van der Waals surface area contributed by atoms with Crippen LogP contribution in [0.5, 0.6) is 0 Å². The molecule has 2 saturated carbocycles. The molecule has 0 saturated heterocycles. The molecule has 2 fully saturated rings. The predicted octanol–water partition coefficient (Wildman–Crippen LogP) is 2.23. The molecule has 0 radical (unpaired) electrons. The van der Waals surface area contributed by atoms with Crippen LogP contribution in [0.1, 0.15) is 39.0 Å². The highest BCUT2D eigenvalue weighted by Gasteiger charge is 2.45. The number of amides is 2. The topological polar surface area (TPSA) is 67.4 Å². The standard InChI is InChI=1S/C14H23IN2O3/c1-9(11(12(18)16-2)17-13(15)19)20-8-14-5-3-10(7-14)4-6-14/h9-11H,3-8H2,1-2H3,(H,16,18)(H,17,19). The lowest BCUT2D eigenvalue weighted by Gasteiger charge is -2.30. The molecule has 0 aromatic rings. The average molecular weight is 394 g/mol. The summed E-state index contributed by atoms with van der Waals surface area (Å²) in [6, 6.07) is -0.626. The largest absolute Gasteiger partial charge is 0.375 e. The van der Waals surface area contributed by atoms with Gasteiger partial charge in [0.05, 0.1) is 12.7 Å². The van der Waals surface area contributed by atoms with E-state index in [1.165, 1.54) is 32.1 Å². The lowest BCUT2D eigenvalue weighted by atomic mass is 9.85. The second-order valence-corrected chi connectivity index (χ2v) is 7.15. The third-order valence-electron chi connectivity index (χ3n) is 4.81. The van der Waals surface area contributed by atoms with E-state index in [2.05, 4.69) is 10.6 Å². The van der Waals surface area contributed by atoms with Gasteiger partial charge in [-0.15, -0.1) is 0 Å². The van der Waals surface area contributed by atoms with Crippen molar-refractivity contribution in [2.45, 2.75) is 51.2 Å². The number of carbonyl (C=O) groups excluding carboxylic acids is 2. The molecule has 0 aromatic carbocycles. The summed E-state index contributed by atoms with van der Waals surface area (Å²) in [5, 5.41) is 5.23. The van der Waals surface area contributed by atoms with Gasteiger partial charge in [0.25, 0.3) is 3.91 Å². The van der Waals surface area contributed by atoms with Crippen LogP contribution in [0.15, 0.2) is 0 Å². The summed E-state index contributed by atoms with van der Waals surface area (Å²) >= 11 is 1.64. The van der Waals surface area contributed by atoms with Crippen LogP contribution in [0.25, 0.3) is 0 Å². The molecule has 20 heavy (non-hydrogen) atoms. The summed E-state index contributed by atoms with van der Waals surface area (Å²) in [6.45, 7) is 2.56. The highest BCUT2D eigenvalue weighted by molar-refractivity contribution is 14.1. The predicted molar refractivity (Wildman–Crippen MR) is 84.8 cm³/mol. The van der Waals surface area contributed by atoms with E-state index >= 15 is 0 Å². The highest BCUT2D eigenvalue weighted by atomic mass is 127. The third kappa shape index (κ3) is 3.63. The van der Waals surface area contributed by atoms with E-state index in [0.29, 0.717) is 12.0 Å². The minimum Gasteiger partial charge on any atom is -0.375 e. The Balaban J connectivity index is 1.89. The van der Waals surface area contributed by atoms with Crippen LogP contribution in [0, 0.1) is 11.3 Å². The van der Waals surface area contributed by atoms with Crippen LogP contribution in [0.2, 0.25) is 0 Å². The van der Waals surface area contributed by atoms with Crippen molar-refractivity contribution in [1.82, 2.24) is 10.6 Å². The van der Waals surface area contributed by atoms with Crippen LogP contribution in [0.4, 0.5) is 4.79 Å². The summed E-state index contributed by atoms with van der Waals surface area (Å²) in [5.74, 6) is 0.674. The quantitative estimate of drug-likeness (QED) is 0.413. The Labute approximate surface area is 133 Å². The van der Waals surface area contributed by atoms with E-state index < -0.39 is 6.04 Å². The Morgan fingerprint density at radius 2 is 2.05 bits per heavy atom. The number of fused-ring (bicyclic) bond motifs is 2. The first kappa shape index (κ1) is 16.0.